The Morgan fingerprint density at radius 2 is 0.667 bits per heavy atom. The van der Waals surface area contributed by atoms with E-state index in [4.69, 9.17) is 19.2 Å². The molecule has 0 radical (unpaired) electrons. The molecule has 140 valence electrons. The third-order valence-electron chi connectivity index (χ3n) is 0. The van der Waals surface area contributed by atoms with Crippen LogP contribution in [0, 0.1) is 0 Å². The van der Waals surface area contributed by atoms with Crippen LogP contribution in [0.1, 0.15) is 20.3 Å². The predicted octanol–water partition coefficient (Wildman–Crippen LogP) is 0.252. The van der Waals surface area contributed by atoms with Crippen molar-refractivity contribution in [3.8, 4) is 0 Å². The van der Waals surface area contributed by atoms with Crippen molar-refractivity contribution in [2.45, 2.75) is 20.3 Å². The van der Waals surface area contributed by atoms with Gasteiger partial charge in [-0.05, 0) is 56.4 Å². The van der Waals surface area contributed by atoms with E-state index in [1.807, 2.05) is 56.4 Å². The van der Waals surface area contributed by atoms with E-state index >= 15 is 0 Å². The van der Waals surface area contributed by atoms with Gasteiger partial charge in [0.15, 0.2) is 0 Å². The zero-order valence-corrected chi connectivity index (χ0v) is 17.0. The maximum atomic E-state index is 8.88. The summed E-state index contributed by atoms with van der Waals surface area (Å²) in [7, 11) is 10.4. The van der Waals surface area contributed by atoms with Crippen LogP contribution >= 0.6 is 20.2 Å². The normalized spacial score (nSPS) is 7.10. The highest BCUT2D eigenvalue weighted by atomic mass is 35.5. The van der Waals surface area contributed by atoms with Crippen molar-refractivity contribution in [3.05, 3.63) is 0 Å². The van der Waals surface area contributed by atoms with Crippen molar-refractivity contribution in [2.75, 3.05) is 56.4 Å². The number of nitrogens with one attached hydrogen (secondary N) is 4. The fourth-order valence-electron chi connectivity index (χ4n) is 0. The van der Waals surface area contributed by atoms with E-state index in [9.17, 15) is 0 Å². The second-order valence-corrected chi connectivity index (χ2v) is 4.25. The first-order valence-electron chi connectivity index (χ1n) is 6.20. The highest BCUT2D eigenvalue weighted by molar-refractivity contribution is 7.45. The largest absolute Gasteiger partial charge is 0.466 e. The number of rotatable bonds is 0. The summed E-state index contributed by atoms with van der Waals surface area (Å²) >= 11 is 0. The standard InChI is InChI=1S/C3H8.4C2H7N.ClH.H3O4P/c5*1-3-2;;1-5(2,3)4/h3H2,1-2H3;4*3H,1-2H3;1H;(H3,1,2,3,4). The molecule has 0 unspecified atom stereocenters. The van der Waals surface area contributed by atoms with Gasteiger partial charge in [-0.25, -0.2) is 4.57 Å². The SMILES string of the molecule is CCC.CNC.CNC.CNC.CNC.Cl.O=P(O)(O)O. The van der Waals surface area contributed by atoms with Gasteiger partial charge in [0.2, 0.25) is 0 Å². The van der Waals surface area contributed by atoms with E-state index in [-0.39, 0.29) is 12.4 Å². The van der Waals surface area contributed by atoms with Crippen LogP contribution in [0.25, 0.3) is 0 Å². The average molecular weight is 359 g/mol. The molecule has 0 saturated carbocycles. The van der Waals surface area contributed by atoms with Gasteiger partial charge in [0.25, 0.3) is 0 Å². The Morgan fingerprint density at radius 1 is 0.667 bits per heavy atom. The molecule has 0 bridgehead atoms. The maximum Gasteiger partial charge on any atom is 0.466 e. The number of phosphoric acid groups is 1. The molecule has 0 saturated heterocycles. The lowest BCUT2D eigenvalue weighted by molar-refractivity contribution is 0.275. The van der Waals surface area contributed by atoms with Crippen LogP contribution in [0.5, 0.6) is 0 Å². The van der Waals surface area contributed by atoms with Crippen LogP contribution < -0.4 is 21.3 Å². The monoisotopic (exact) mass is 358 g/mol. The topological polar surface area (TPSA) is 126 Å². The first-order chi connectivity index (χ1) is 9.07. The highest BCUT2D eigenvalue weighted by Gasteiger charge is 2.00. The van der Waals surface area contributed by atoms with Gasteiger partial charge in [-0.2, -0.15) is 0 Å². The molecule has 10 heteroatoms. The molecule has 0 amide bonds. The lowest BCUT2D eigenvalue weighted by Gasteiger charge is -1.82. The zero-order valence-electron chi connectivity index (χ0n) is 15.3. The number of hydrogen-bond acceptors (Lipinski definition) is 5. The molecule has 0 aliphatic heterocycles. The van der Waals surface area contributed by atoms with Crippen molar-refractivity contribution in [2.24, 2.45) is 0 Å². The van der Waals surface area contributed by atoms with Crippen LogP contribution in [0.2, 0.25) is 0 Å². The van der Waals surface area contributed by atoms with Gasteiger partial charge in [0.05, 0.1) is 0 Å². The van der Waals surface area contributed by atoms with Crippen LogP contribution in [0.3, 0.4) is 0 Å². The van der Waals surface area contributed by atoms with E-state index < -0.39 is 7.82 Å². The third-order valence-corrected chi connectivity index (χ3v) is 0. The van der Waals surface area contributed by atoms with Crippen molar-refractivity contribution >= 4 is 20.2 Å². The van der Waals surface area contributed by atoms with Crippen molar-refractivity contribution < 1.29 is 19.2 Å². The molecule has 0 atom stereocenters. The Hall–Kier alpha value is 0.240. The van der Waals surface area contributed by atoms with Crippen molar-refractivity contribution in [1.82, 2.24) is 21.3 Å². The fraction of sp³-hybridized carbons (Fsp3) is 1.00. The maximum absolute atomic E-state index is 8.88. The van der Waals surface area contributed by atoms with E-state index in [0.717, 1.165) is 0 Å². The van der Waals surface area contributed by atoms with E-state index in [2.05, 4.69) is 35.1 Å². The summed E-state index contributed by atoms with van der Waals surface area (Å²) in [5, 5.41) is 11.0. The number of hydrogen-bond donors (Lipinski definition) is 7. The minimum Gasteiger partial charge on any atom is -0.323 e. The lowest BCUT2D eigenvalue weighted by Crippen LogP contribution is -1.89. The van der Waals surface area contributed by atoms with Gasteiger partial charge >= 0.3 is 7.82 Å². The molecule has 21 heavy (non-hydrogen) atoms. The molecule has 0 aliphatic carbocycles. The molecule has 0 aromatic heterocycles. The first-order valence-corrected chi connectivity index (χ1v) is 7.76. The highest BCUT2D eigenvalue weighted by Crippen LogP contribution is 2.25. The quantitative estimate of drug-likeness (QED) is 0.307. The second kappa shape index (κ2) is 59.3. The third kappa shape index (κ3) is 117000. The molecule has 0 fully saturated rings. The molecular formula is C11H40ClN4O4P. The molecule has 0 spiro atoms. The molecule has 0 aliphatic rings. The van der Waals surface area contributed by atoms with E-state index in [0.29, 0.717) is 0 Å². The summed E-state index contributed by atoms with van der Waals surface area (Å²) < 4.78 is 8.88. The molecule has 0 aromatic rings. The second-order valence-electron chi connectivity index (χ2n) is 3.22. The fourth-order valence-corrected chi connectivity index (χ4v) is 0. The van der Waals surface area contributed by atoms with Gasteiger partial charge < -0.3 is 35.9 Å². The summed E-state index contributed by atoms with van der Waals surface area (Å²) in [4.78, 5) is 21.6. The van der Waals surface area contributed by atoms with Crippen LogP contribution in [0.4, 0.5) is 0 Å². The summed E-state index contributed by atoms with van der Waals surface area (Å²) in [6, 6.07) is 0. The smallest absolute Gasteiger partial charge is 0.323 e. The molecular weight excluding hydrogens is 319 g/mol. The summed E-state index contributed by atoms with van der Waals surface area (Å²) in [6.07, 6.45) is 1.25. The van der Waals surface area contributed by atoms with E-state index in [1.54, 1.807) is 0 Å². The Labute approximate surface area is 138 Å². The van der Waals surface area contributed by atoms with Crippen molar-refractivity contribution in [1.29, 1.82) is 0 Å². The van der Waals surface area contributed by atoms with Gasteiger partial charge in [-0.15, -0.1) is 12.4 Å². The Bertz CT molecular complexity index is 124. The molecule has 0 rings (SSSR count). The van der Waals surface area contributed by atoms with Gasteiger partial charge in [-0.1, -0.05) is 20.3 Å². The van der Waals surface area contributed by atoms with Crippen LogP contribution in [0.15, 0.2) is 0 Å². The van der Waals surface area contributed by atoms with E-state index in [1.165, 1.54) is 6.42 Å². The Kier molecular flexibility index (Phi) is 121. The molecule has 8 nitrogen and oxygen atoms in total. The van der Waals surface area contributed by atoms with Crippen LogP contribution in [-0.4, -0.2) is 71.1 Å². The zero-order chi connectivity index (χ0) is 18.0. The van der Waals surface area contributed by atoms with Crippen molar-refractivity contribution in [3.63, 3.8) is 0 Å². The minimum atomic E-state index is -4.64. The first kappa shape index (κ1) is 42.9. The minimum absolute atomic E-state index is 0. The number of halogens is 1. The molecule has 0 heterocycles. The Balaban J connectivity index is -0.0000000226. The average Bonchev–Trinajstić information content (AvgIpc) is 2.19. The molecule has 7 N–H and O–H groups in total. The summed E-state index contributed by atoms with van der Waals surface area (Å²) in [6.45, 7) is 4.25. The molecule has 0 aromatic carbocycles. The summed E-state index contributed by atoms with van der Waals surface area (Å²) in [5.41, 5.74) is 0. The summed E-state index contributed by atoms with van der Waals surface area (Å²) in [5.74, 6) is 0. The lowest BCUT2D eigenvalue weighted by atomic mass is 10.6. The van der Waals surface area contributed by atoms with Gasteiger partial charge in [0, 0.05) is 0 Å². The van der Waals surface area contributed by atoms with Gasteiger partial charge in [-0.3, -0.25) is 0 Å². The predicted molar refractivity (Wildman–Crippen MR) is 97.4 cm³/mol. The van der Waals surface area contributed by atoms with Gasteiger partial charge in [0.1, 0.15) is 0 Å². The van der Waals surface area contributed by atoms with Crippen LogP contribution in [-0.2, 0) is 4.57 Å². The Morgan fingerprint density at radius 3 is 0.667 bits per heavy atom.